The topological polar surface area (TPSA) is 58.6 Å². The normalized spacial score (nSPS) is 11.0. The number of Topliss-reactive ketones (excluding diaryl/α,β-unsaturated/α-hetero) is 1. The molecule has 0 bridgehead atoms. The van der Waals surface area contributed by atoms with Gasteiger partial charge >= 0.3 is 0 Å². The summed E-state index contributed by atoms with van der Waals surface area (Å²) >= 11 is 1.66. The van der Waals surface area contributed by atoms with Gasteiger partial charge in [0.15, 0.2) is 17.3 Å². The quantitative estimate of drug-likeness (QED) is 0.717. The summed E-state index contributed by atoms with van der Waals surface area (Å²) in [6.07, 6.45) is 1.61. The van der Waals surface area contributed by atoms with Crippen LogP contribution < -0.4 is 0 Å². The van der Waals surface area contributed by atoms with Crippen molar-refractivity contribution in [3.63, 3.8) is 0 Å². The van der Waals surface area contributed by atoms with E-state index in [4.69, 9.17) is 0 Å². The van der Waals surface area contributed by atoms with Crippen LogP contribution in [0.15, 0.2) is 24.4 Å². The zero-order valence-electron chi connectivity index (χ0n) is 10.0. The van der Waals surface area contributed by atoms with Crippen molar-refractivity contribution in [3.8, 4) is 10.7 Å². The first-order chi connectivity index (χ1) is 8.65. The van der Waals surface area contributed by atoms with E-state index in [0.29, 0.717) is 16.7 Å². The number of aromatic amines is 1. The lowest BCUT2D eigenvalue weighted by molar-refractivity contribution is 0.101. The van der Waals surface area contributed by atoms with E-state index in [9.17, 15) is 4.79 Å². The fourth-order valence-electron chi connectivity index (χ4n) is 1.88. The van der Waals surface area contributed by atoms with Gasteiger partial charge in [-0.3, -0.25) is 4.79 Å². The molecule has 18 heavy (non-hydrogen) atoms. The number of carbonyl (C=O) groups is 1. The van der Waals surface area contributed by atoms with E-state index < -0.39 is 0 Å². The Bertz CT molecular complexity index is 742. The first kappa shape index (κ1) is 11.1. The molecule has 0 radical (unpaired) electrons. The van der Waals surface area contributed by atoms with E-state index in [-0.39, 0.29) is 5.78 Å². The predicted octanol–water partition coefficient (Wildman–Crippen LogP) is 3.20. The van der Waals surface area contributed by atoms with Crippen LogP contribution in [0, 0.1) is 6.92 Å². The number of nitrogens with zero attached hydrogens (tertiary/aromatic N) is 2. The number of H-pyrrole nitrogens is 1. The second-order valence-corrected chi connectivity index (χ2v) is 5.40. The van der Waals surface area contributed by atoms with Crippen molar-refractivity contribution >= 4 is 28.3 Å². The van der Waals surface area contributed by atoms with Crippen LogP contribution in [0.3, 0.4) is 0 Å². The van der Waals surface area contributed by atoms with Gasteiger partial charge in [0.25, 0.3) is 0 Å². The lowest BCUT2D eigenvalue weighted by Crippen LogP contribution is -1.94. The lowest BCUT2D eigenvalue weighted by atomic mass is 10.2. The summed E-state index contributed by atoms with van der Waals surface area (Å²) in [5.41, 5.74) is 1.93. The highest BCUT2D eigenvalue weighted by atomic mass is 32.1. The fourth-order valence-corrected chi connectivity index (χ4v) is 2.70. The Morgan fingerprint density at radius 1 is 1.33 bits per heavy atom. The van der Waals surface area contributed by atoms with E-state index in [0.717, 1.165) is 10.7 Å². The van der Waals surface area contributed by atoms with Crippen molar-refractivity contribution in [3.05, 3.63) is 34.8 Å². The number of aromatic nitrogens is 3. The molecular formula is C13H11N3OS. The Hall–Kier alpha value is -2.01. The molecule has 0 spiro atoms. The summed E-state index contributed by atoms with van der Waals surface area (Å²) in [4.78, 5) is 25.6. The third kappa shape index (κ3) is 1.73. The summed E-state index contributed by atoms with van der Waals surface area (Å²) in [5, 5.41) is 0. The van der Waals surface area contributed by atoms with Gasteiger partial charge in [-0.05, 0) is 32.0 Å². The summed E-state index contributed by atoms with van der Waals surface area (Å²) < 4.78 is 0. The molecule has 3 aromatic rings. The zero-order chi connectivity index (χ0) is 12.7. The summed E-state index contributed by atoms with van der Waals surface area (Å²) in [7, 11) is 0. The second kappa shape index (κ2) is 4.03. The third-order valence-electron chi connectivity index (χ3n) is 2.75. The van der Waals surface area contributed by atoms with Crippen LogP contribution in [0.2, 0.25) is 0 Å². The molecule has 0 atom stereocenters. The minimum absolute atomic E-state index is 0.0139. The maximum absolute atomic E-state index is 11.5. The number of pyridine rings is 1. The van der Waals surface area contributed by atoms with E-state index in [1.165, 1.54) is 4.88 Å². The van der Waals surface area contributed by atoms with Crippen LogP contribution >= 0.6 is 11.3 Å². The molecule has 3 rings (SSSR count). The number of aryl methyl sites for hydroxylation is 1. The number of carbonyl (C=O) groups excluding carboxylic acids is 1. The smallest absolute Gasteiger partial charge is 0.178 e. The van der Waals surface area contributed by atoms with Crippen LogP contribution in [0.4, 0.5) is 0 Å². The van der Waals surface area contributed by atoms with Crippen molar-refractivity contribution in [2.45, 2.75) is 13.8 Å². The minimum Gasteiger partial charge on any atom is -0.335 e. The van der Waals surface area contributed by atoms with E-state index in [1.54, 1.807) is 30.5 Å². The maximum atomic E-state index is 11.5. The van der Waals surface area contributed by atoms with Crippen LogP contribution in [-0.2, 0) is 0 Å². The Balaban J connectivity index is 2.22. The fraction of sp³-hybridized carbons (Fsp3) is 0.154. The monoisotopic (exact) mass is 257 g/mol. The first-order valence-electron chi connectivity index (χ1n) is 5.57. The number of rotatable bonds is 2. The molecule has 0 aliphatic carbocycles. The molecule has 0 aromatic carbocycles. The number of imidazole rings is 1. The largest absolute Gasteiger partial charge is 0.335 e. The standard InChI is InChI=1S/C13H11N3OS/c1-7-3-4-10(18-7)12-15-11-9(8(2)17)5-6-14-13(11)16-12/h3-6H,1-2H3,(H,14,15,16). The van der Waals surface area contributed by atoms with Crippen molar-refractivity contribution in [2.75, 3.05) is 0 Å². The van der Waals surface area contributed by atoms with Gasteiger partial charge in [0, 0.05) is 16.6 Å². The van der Waals surface area contributed by atoms with Gasteiger partial charge in [-0.1, -0.05) is 0 Å². The predicted molar refractivity (Wildman–Crippen MR) is 71.9 cm³/mol. The van der Waals surface area contributed by atoms with Gasteiger partial charge in [0.05, 0.1) is 10.4 Å². The number of fused-ring (bicyclic) bond motifs is 1. The first-order valence-corrected chi connectivity index (χ1v) is 6.39. The number of hydrogen-bond acceptors (Lipinski definition) is 4. The van der Waals surface area contributed by atoms with Crippen LogP contribution in [0.25, 0.3) is 21.9 Å². The van der Waals surface area contributed by atoms with Gasteiger partial charge in [0.1, 0.15) is 0 Å². The average molecular weight is 257 g/mol. The molecule has 0 aliphatic heterocycles. The van der Waals surface area contributed by atoms with E-state index >= 15 is 0 Å². The highest BCUT2D eigenvalue weighted by Gasteiger charge is 2.12. The second-order valence-electron chi connectivity index (χ2n) is 4.11. The van der Waals surface area contributed by atoms with Crippen molar-refractivity contribution in [1.82, 2.24) is 15.0 Å². The summed E-state index contributed by atoms with van der Waals surface area (Å²) in [6.45, 7) is 3.60. The number of ketones is 1. The number of hydrogen-bond donors (Lipinski definition) is 1. The Morgan fingerprint density at radius 3 is 2.83 bits per heavy atom. The maximum Gasteiger partial charge on any atom is 0.178 e. The third-order valence-corrected chi connectivity index (χ3v) is 3.75. The van der Waals surface area contributed by atoms with Crippen LogP contribution in [0.1, 0.15) is 22.2 Å². The van der Waals surface area contributed by atoms with Crippen molar-refractivity contribution < 1.29 is 4.79 Å². The number of thiophene rings is 1. The molecule has 3 aromatic heterocycles. The molecule has 5 heteroatoms. The van der Waals surface area contributed by atoms with Crippen molar-refractivity contribution in [2.24, 2.45) is 0 Å². The van der Waals surface area contributed by atoms with Gasteiger partial charge in [-0.25, -0.2) is 9.97 Å². The molecule has 0 saturated carbocycles. The Morgan fingerprint density at radius 2 is 2.17 bits per heavy atom. The summed E-state index contributed by atoms with van der Waals surface area (Å²) in [6, 6.07) is 5.78. The number of nitrogens with one attached hydrogen (secondary N) is 1. The Kier molecular flexibility index (Phi) is 2.48. The molecule has 1 N–H and O–H groups in total. The van der Waals surface area contributed by atoms with Gasteiger partial charge in [0.2, 0.25) is 0 Å². The Labute approximate surface area is 108 Å². The molecule has 0 amide bonds. The molecule has 0 aliphatic rings. The molecule has 3 heterocycles. The zero-order valence-corrected chi connectivity index (χ0v) is 10.8. The highest BCUT2D eigenvalue weighted by molar-refractivity contribution is 7.15. The van der Waals surface area contributed by atoms with E-state index in [1.807, 2.05) is 12.1 Å². The van der Waals surface area contributed by atoms with Crippen molar-refractivity contribution in [1.29, 1.82) is 0 Å². The van der Waals surface area contributed by atoms with Crippen LogP contribution in [-0.4, -0.2) is 20.7 Å². The lowest BCUT2D eigenvalue weighted by Gasteiger charge is -1.94. The molecule has 0 unspecified atom stereocenters. The molecule has 0 saturated heterocycles. The highest BCUT2D eigenvalue weighted by Crippen LogP contribution is 2.27. The SMILES string of the molecule is CC(=O)c1ccnc2nc(-c3ccc(C)s3)[nH]c12. The molecular weight excluding hydrogens is 246 g/mol. The molecule has 0 fully saturated rings. The summed E-state index contributed by atoms with van der Waals surface area (Å²) in [5.74, 6) is 0.782. The minimum atomic E-state index is 0.0139. The molecule has 4 nitrogen and oxygen atoms in total. The van der Waals surface area contributed by atoms with Crippen LogP contribution in [0.5, 0.6) is 0 Å². The van der Waals surface area contributed by atoms with E-state index in [2.05, 4.69) is 21.9 Å². The molecule has 90 valence electrons. The average Bonchev–Trinajstić information content (AvgIpc) is 2.93. The van der Waals surface area contributed by atoms with Gasteiger partial charge in [-0.15, -0.1) is 11.3 Å². The van der Waals surface area contributed by atoms with Gasteiger partial charge in [-0.2, -0.15) is 0 Å². The van der Waals surface area contributed by atoms with Gasteiger partial charge < -0.3 is 4.98 Å².